The Balaban J connectivity index is 1.98. The monoisotopic (exact) mass is 716 g/mol. The van der Waals surface area contributed by atoms with Gasteiger partial charge >= 0.3 is 35.8 Å². The maximum Gasteiger partial charge on any atom is 0.334 e. The molecular formula is C38H52O13. The van der Waals surface area contributed by atoms with E-state index in [4.69, 9.17) is 33.2 Å². The Bertz CT molecular complexity index is 1580. The van der Waals surface area contributed by atoms with Gasteiger partial charge in [0.05, 0.1) is 5.92 Å². The fourth-order valence-corrected chi connectivity index (χ4v) is 10.4. The molecule has 0 amide bonds. The molecule has 0 radical (unpaired) electrons. The molecule has 13 heteroatoms. The van der Waals surface area contributed by atoms with Crippen molar-refractivity contribution in [3.05, 3.63) is 23.3 Å². The van der Waals surface area contributed by atoms with Crippen LogP contribution in [0, 0.1) is 40.4 Å². The van der Waals surface area contributed by atoms with Gasteiger partial charge in [0, 0.05) is 44.8 Å². The summed E-state index contributed by atoms with van der Waals surface area (Å²) in [6.45, 7) is 19.1. The van der Waals surface area contributed by atoms with E-state index in [2.05, 4.69) is 13.8 Å². The SMILES string of the molecule is C/C=C(\C)C(=O)O[C@@H]1[C@H]2[C@@H](OC(C)=O)[C@@H](C)CC2(OC(=O)/C(C)=C/C)[C@H](OC(C)=O)[C@@]2(C)O[C@H](OC(C)=O)C13[C@@H](OC(C)=O)C[C@H]1[C@@H]([C@H]32)C1(C)C. The summed E-state index contributed by atoms with van der Waals surface area (Å²) in [5, 5.41) is 0. The second kappa shape index (κ2) is 13.0. The lowest BCUT2D eigenvalue weighted by molar-refractivity contribution is -0.292. The first-order valence-electron chi connectivity index (χ1n) is 17.7. The summed E-state index contributed by atoms with van der Waals surface area (Å²) in [6, 6.07) is 0. The van der Waals surface area contributed by atoms with Crippen molar-refractivity contribution in [1.29, 1.82) is 0 Å². The molecule has 0 N–H and O–H groups in total. The van der Waals surface area contributed by atoms with Crippen molar-refractivity contribution in [2.75, 3.05) is 0 Å². The third-order valence-electron chi connectivity index (χ3n) is 12.5. The zero-order chi connectivity index (χ0) is 38.2. The Morgan fingerprint density at radius 2 is 1.25 bits per heavy atom. The number of esters is 6. The molecule has 5 aliphatic rings. The van der Waals surface area contributed by atoms with Gasteiger partial charge in [-0.25, -0.2) is 9.59 Å². The Morgan fingerprint density at radius 1 is 0.706 bits per heavy atom. The van der Waals surface area contributed by atoms with E-state index in [0.29, 0.717) is 6.42 Å². The first kappa shape index (κ1) is 38.5. The van der Waals surface area contributed by atoms with E-state index in [0.717, 1.165) is 0 Å². The minimum atomic E-state index is -1.84. The minimum Gasteiger partial charge on any atom is -0.462 e. The number of ether oxygens (including phenoxy) is 7. The molecule has 282 valence electrons. The van der Waals surface area contributed by atoms with Crippen LogP contribution >= 0.6 is 0 Å². The number of fused-ring (bicyclic) bond motifs is 2. The average Bonchev–Trinajstić information content (AvgIpc) is 3.31. The molecule has 1 saturated heterocycles. The first-order valence-corrected chi connectivity index (χ1v) is 17.7. The molecule has 1 heterocycles. The lowest BCUT2D eigenvalue weighted by Crippen LogP contribution is -2.67. The molecule has 13 nitrogen and oxygen atoms in total. The zero-order valence-corrected chi connectivity index (χ0v) is 31.6. The molecule has 0 aromatic heterocycles. The van der Waals surface area contributed by atoms with Gasteiger partial charge in [0.1, 0.15) is 29.3 Å². The van der Waals surface area contributed by atoms with Gasteiger partial charge in [-0.15, -0.1) is 0 Å². The van der Waals surface area contributed by atoms with E-state index in [-0.39, 0.29) is 34.8 Å². The topological polar surface area (TPSA) is 167 Å². The number of hydrogen-bond donors (Lipinski definition) is 0. The molecule has 51 heavy (non-hydrogen) atoms. The zero-order valence-electron chi connectivity index (χ0n) is 31.6. The summed E-state index contributed by atoms with van der Waals surface area (Å²) < 4.78 is 44.8. The molecule has 0 aromatic carbocycles. The van der Waals surface area contributed by atoms with Crippen LogP contribution in [0.1, 0.15) is 95.9 Å². The summed E-state index contributed by atoms with van der Waals surface area (Å²) in [4.78, 5) is 80.3. The fraction of sp³-hybridized carbons (Fsp3) is 0.737. The second-order valence-electron chi connectivity index (χ2n) is 15.9. The van der Waals surface area contributed by atoms with Gasteiger partial charge in [0.25, 0.3) is 0 Å². The number of rotatable bonds is 8. The second-order valence-corrected chi connectivity index (χ2v) is 15.9. The van der Waals surface area contributed by atoms with Crippen molar-refractivity contribution in [3.63, 3.8) is 0 Å². The van der Waals surface area contributed by atoms with Crippen molar-refractivity contribution in [2.45, 2.75) is 138 Å². The van der Waals surface area contributed by atoms with Crippen molar-refractivity contribution in [3.8, 4) is 0 Å². The molecule has 5 rings (SSSR count). The van der Waals surface area contributed by atoms with E-state index in [1.54, 1.807) is 53.7 Å². The Morgan fingerprint density at radius 3 is 1.78 bits per heavy atom. The van der Waals surface area contributed by atoms with E-state index in [1.807, 2.05) is 0 Å². The van der Waals surface area contributed by atoms with Crippen LogP contribution in [0.2, 0.25) is 0 Å². The normalized spacial score (nSPS) is 41.8. The summed E-state index contributed by atoms with van der Waals surface area (Å²) in [7, 11) is 0. The molecule has 1 aliphatic heterocycles. The van der Waals surface area contributed by atoms with Crippen molar-refractivity contribution >= 4 is 35.8 Å². The highest BCUT2D eigenvalue weighted by molar-refractivity contribution is 5.89. The summed E-state index contributed by atoms with van der Waals surface area (Å²) >= 11 is 0. The number of carbonyl (C=O) groups excluding carboxylic acids is 6. The molecule has 2 unspecified atom stereocenters. The van der Waals surface area contributed by atoms with Crippen LogP contribution in [0.5, 0.6) is 0 Å². The highest BCUT2D eigenvalue weighted by atomic mass is 16.7. The number of hydrogen-bond acceptors (Lipinski definition) is 13. The molecular weight excluding hydrogens is 664 g/mol. The smallest absolute Gasteiger partial charge is 0.334 e. The van der Waals surface area contributed by atoms with Gasteiger partial charge in [-0.05, 0) is 70.6 Å². The standard InChI is InChI=1S/C38H52O13/c1-13-17(3)31(43)49-30-27-28(46-21(7)40)19(5)16-37(27,50-32(44)18(4)14-2)33(47-22(8)41)36(12)29-26-24(35(26,10)11)15-25(45-20(6)39)38(29,30)34(51-36)48-23(9)42/h13-14,19,24-30,33-34H,15-16H2,1-12H3/b17-13+,18-14+/t19-,24-,25-,26-,27+,28-,29-,30+,33+,34-,36-,37?,38?/m0/s1. The third kappa shape index (κ3) is 5.78. The maximum absolute atomic E-state index is 14.1. The average molecular weight is 717 g/mol. The van der Waals surface area contributed by atoms with Crippen molar-refractivity contribution in [1.82, 2.24) is 0 Å². The van der Waals surface area contributed by atoms with Crippen LogP contribution in [-0.4, -0.2) is 77.7 Å². The lowest BCUT2D eigenvalue weighted by atomic mass is 9.56. The van der Waals surface area contributed by atoms with Crippen LogP contribution in [0.4, 0.5) is 0 Å². The Hall–Kier alpha value is -3.74. The van der Waals surface area contributed by atoms with E-state index in [9.17, 15) is 28.8 Å². The first-order chi connectivity index (χ1) is 23.6. The van der Waals surface area contributed by atoms with Gasteiger partial charge < -0.3 is 33.2 Å². The van der Waals surface area contributed by atoms with Crippen LogP contribution in [0.15, 0.2) is 23.3 Å². The van der Waals surface area contributed by atoms with Crippen LogP contribution in [0.3, 0.4) is 0 Å². The predicted molar refractivity (Wildman–Crippen MR) is 178 cm³/mol. The van der Waals surface area contributed by atoms with Gasteiger partial charge in [-0.2, -0.15) is 0 Å². The highest BCUT2D eigenvalue weighted by Gasteiger charge is 2.89. The third-order valence-corrected chi connectivity index (χ3v) is 12.5. The van der Waals surface area contributed by atoms with Gasteiger partial charge in [-0.3, -0.25) is 19.2 Å². The Labute approximate surface area is 299 Å². The van der Waals surface area contributed by atoms with E-state index < -0.39 is 101 Å². The van der Waals surface area contributed by atoms with Gasteiger partial charge in [-0.1, -0.05) is 32.9 Å². The summed E-state index contributed by atoms with van der Waals surface area (Å²) in [5.74, 6) is -7.01. The predicted octanol–water partition coefficient (Wildman–Crippen LogP) is 4.53. The molecule has 2 bridgehead atoms. The minimum absolute atomic E-state index is 0.00263. The maximum atomic E-state index is 14.1. The lowest BCUT2D eigenvalue weighted by Gasteiger charge is -2.52. The quantitative estimate of drug-likeness (QED) is 0.195. The number of carbonyl (C=O) groups is 6. The molecule has 4 saturated carbocycles. The summed E-state index contributed by atoms with van der Waals surface area (Å²) in [5.41, 5.74) is -5.01. The van der Waals surface area contributed by atoms with Crippen molar-refractivity contribution < 1.29 is 61.9 Å². The van der Waals surface area contributed by atoms with Gasteiger partial charge in [0.15, 0.2) is 11.7 Å². The van der Waals surface area contributed by atoms with Gasteiger partial charge in [0.2, 0.25) is 6.29 Å². The molecule has 4 aliphatic carbocycles. The van der Waals surface area contributed by atoms with Crippen LogP contribution < -0.4 is 0 Å². The molecule has 5 fully saturated rings. The largest absolute Gasteiger partial charge is 0.462 e. The number of allylic oxidation sites excluding steroid dienone is 2. The summed E-state index contributed by atoms with van der Waals surface area (Å²) in [6.07, 6.45) is -3.08. The molecule has 0 spiro atoms. The molecule has 0 aromatic rings. The van der Waals surface area contributed by atoms with Crippen LogP contribution in [0.25, 0.3) is 0 Å². The van der Waals surface area contributed by atoms with Crippen molar-refractivity contribution in [2.24, 2.45) is 40.4 Å². The van der Waals surface area contributed by atoms with E-state index >= 15 is 0 Å². The van der Waals surface area contributed by atoms with Crippen LogP contribution in [-0.2, 0) is 61.9 Å². The Kier molecular flexibility index (Phi) is 9.84. The van der Waals surface area contributed by atoms with E-state index in [1.165, 1.54) is 27.7 Å². The fourth-order valence-electron chi connectivity index (χ4n) is 10.4. The highest BCUT2D eigenvalue weighted by Crippen LogP contribution is 2.80. The molecule has 13 atom stereocenters.